The van der Waals surface area contributed by atoms with E-state index in [4.69, 9.17) is 4.74 Å². The molecule has 6 heteroatoms. The average molecular weight is 494 g/mol. The van der Waals surface area contributed by atoms with Crippen molar-refractivity contribution in [3.63, 3.8) is 0 Å². The monoisotopic (exact) mass is 494 g/mol. The minimum absolute atomic E-state index is 0. The van der Waals surface area contributed by atoms with E-state index in [1.54, 1.807) is 7.11 Å². The van der Waals surface area contributed by atoms with Gasteiger partial charge in [0.1, 0.15) is 5.75 Å². The van der Waals surface area contributed by atoms with Crippen molar-refractivity contribution in [3.05, 3.63) is 65.2 Å². The lowest BCUT2D eigenvalue weighted by atomic mass is 10.00. The van der Waals surface area contributed by atoms with Crippen molar-refractivity contribution in [2.45, 2.75) is 19.5 Å². The summed E-state index contributed by atoms with van der Waals surface area (Å²) in [5.41, 5.74) is 4.11. The zero-order valence-corrected chi connectivity index (χ0v) is 19.3. The highest BCUT2D eigenvalue weighted by Crippen LogP contribution is 2.19. The van der Waals surface area contributed by atoms with Crippen molar-refractivity contribution in [1.82, 2.24) is 15.1 Å². The Bertz CT molecular complexity index is 781. The number of para-hydroxylation sites is 1. The zero-order chi connectivity index (χ0) is 19.1. The third-order valence-corrected chi connectivity index (χ3v) is 5.09. The summed E-state index contributed by atoms with van der Waals surface area (Å²) in [7, 11) is 5.60. The molecule has 0 atom stereocenters. The van der Waals surface area contributed by atoms with Crippen LogP contribution in [0, 0.1) is 0 Å². The molecule has 0 saturated heterocycles. The summed E-state index contributed by atoms with van der Waals surface area (Å²) in [6, 6.07) is 16.9. The first-order chi connectivity index (χ1) is 13.2. The highest BCUT2D eigenvalue weighted by molar-refractivity contribution is 14.0. The van der Waals surface area contributed by atoms with Gasteiger partial charge in [-0.1, -0.05) is 42.5 Å². The van der Waals surface area contributed by atoms with Crippen molar-refractivity contribution in [1.29, 1.82) is 0 Å². The SMILES string of the molecule is CN=C(NCCN1CCc2ccccc2C1)N(C)Cc1ccccc1OC.I. The topological polar surface area (TPSA) is 40.1 Å². The van der Waals surface area contributed by atoms with E-state index in [2.05, 4.69) is 57.5 Å². The zero-order valence-electron chi connectivity index (χ0n) is 17.0. The number of rotatable bonds is 6. The Morgan fingerprint density at radius 1 is 1.14 bits per heavy atom. The lowest BCUT2D eigenvalue weighted by molar-refractivity contribution is 0.257. The van der Waals surface area contributed by atoms with Gasteiger partial charge < -0.3 is 15.0 Å². The summed E-state index contributed by atoms with van der Waals surface area (Å²) < 4.78 is 5.46. The Morgan fingerprint density at radius 3 is 2.61 bits per heavy atom. The van der Waals surface area contributed by atoms with Gasteiger partial charge in [-0.05, 0) is 23.6 Å². The van der Waals surface area contributed by atoms with Gasteiger partial charge in [0.25, 0.3) is 0 Å². The Labute approximate surface area is 185 Å². The Kier molecular flexibility index (Phi) is 9.05. The number of guanidine groups is 1. The highest BCUT2D eigenvalue weighted by Gasteiger charge is 2.15. The summed E-state index contributed by atoms with van der Waals surface area (Å²) >= 11 is 0. The Balaban J connectivity index is 0.00000280. The largest absolute Gasteiger partial charge is 0.496 e. The summed E-state index contributed by atoms with van der Waals surface area (Å²) in [5, 5.41) is 3.49. The van der Waals surface area contributed by atoms with Crippen LogP contribution < -0.4 is 10.1 Å². The van der Waals surface area contributed by atoms with E-state index in [-0.39, 0.29) is 24.0 Å². The molecule has 0 bridgehead atoms. The van der Waals surface area contributed by atoms with Crippen molar-refractivity contribution in [2.24, 2.45) is 4.99 Å². The number of benzene rings is 2. The molecule has 0 saturated carbocycles. The molecule has 0 aliphatic carbocycles. The summed E-state index contributed by atoms with van der Waals surface area (Å²) in [5.74, 6) is 1.81. The standard InChI is InChI=1S/C22H30N4O.HI/c1-23-22(25(2)16-20-10-6-7-11-21(20)27-3)24-13-15-26-14-12-18-8-4-5-9-19(18)17-26;/h4-11H,12-17H2,1-3H3,(H,23,24);1H. The number of nitrogens with one attached hydrogen (secondary N) is 1. The fourth-order valence-corrected chi connectivity index (χ4v) is 3.62. The summed E-state index contributed by atoms with van der Waals surface area (Å²) in [4.78, 5) is 9.06. The third kappa shape index (κ3) is 5.85. The number of ether oxygens (including phenoxy) is 1. The molecular weight excluding hydrogens is 463 g/mol. The molecule has 5 nitrogen and oxygen atoms in total. The van der Waals surface area contributed by atoms with Gasteiger partial charge in [0.05, 0.1) is 7.11 Å². The van der Waals surface area contributed by atoms with Crippen LogP contribution in [0.25, 0.3) is 0 Å². The molecular formula is C22H31IN4O. The molecule has 1 N–H and O–H groups in total. The van der Waals surface area contributed by atoms with Crippen molar-refractivity contribution >= 4 is 29.9 Å². The van der Waals surface area contributed by atoms with Gasteiger partial charge in [-0.2, -0.15) is 0 Å². The van der Waals surface area contributed by atoms with E-state index in [0.717, 1.165) is 56.4 Å². The average Bonchev–Trinajstić information content (AvgIpc) is 2.71. The van der Waals surface area contributed by atoms with Crippen LogP contribution in [-0.4, -0.2) is 56.6 Å². The molecule has 0 spiro atoms. The first kappa shape index (κ1) is 22.5. The molecule has 28 heavy (non-hydrogen) atoms. The number of aliphatic imine (C=N–C) groups is 1. The molecule has 1 aliphatic rings. The predicted molar refractivity (Wildman–Crippen MR) is 127 cm³/mol. The van der Waals surface area contributed by atoms with Gasteiger partial charge in [-0.25, -0.2) is 0 Å². The second kappa shape index (κ2) is 11.3. The Morgan fingerprint density at radius 2 is 1.86 bits per heavy atom. The van der Waals surface area contributed by atoms with Crippen LogP contribution in [0.15, 0.2) is 53.5 Å². The van der Waals surface area contributed by atoms with E-state index < -0.39 is 0 Å². The van der Waals surface area contributed by atoms with Crippen molar-refractivity contribution < 1.29 is 4.74 Å². The van der Waals surface area contributed by atoms with Gasteiger partial charge >= 0.3 is 0 Å². The molecule has 3 rings (SSSR count). The smallest absolute Gasteiger partial charge is 0.193 e. The minimum atomic E-state index is 0. The third-order valence-electron chi connectivity index (χ3n) is 5.09. The van der Waals surface area contributed by atoms with Crippen LogP contribution in [0.1, 0.15) is 16.7 Å². The second-order valence-electron chi connectivity index (χ2n) is 6.94. The van der Waals surface area contributed by atoms with Crippen molar-refractivity contribution in [3.8, 4) is 5.75 Å². The summed E-state index contributed by atoms with van der Waals surface area (Å²) in [6.45, 7) is 4.80. The van der Waals surface area contributed by atoms with E-state index in [1.165, 1.54) is 11.1 Å². The van der Waals surface area contributed by atoms with Crippen LogP contribution in [0.3, 0.4) is 0 Å². The lowest BCUT2D eigenvalue weighted by Gasteiger charge is -2.29. The number of hydrogen-bond acceptors (Lipinski definition) is 3. The van der Waals surface area contributed by atoms with Gasteiger partial charge in [-0.3, -0.25) is 9.89 Å². The number of methoxy groups -OCH3 is 1. The van der Waals surface area contributed by atoms with Crippen LogP contribution in [-0.2, 0) is 19.5 Å². The fraction of sp³-hybridized carbons (Fsp3) is 0.409. The van der Waals surface area contributed by atoms with Gasteiger partial charge in [0.2, 0.25) is 0 Å². The number of nitrogens with zero attached hydrogens (tertiary/aromatic N) is 3. The normalized spacial score (nSPS) is 14.0. The van der Waals surface area contributed by atoms with Crippen LogP contribution in [0.5, 0.6) is 5.75 Å². The molecule has 152 valence electrons. The van der Waals surface area contributed by atoms with Crippen LogP contribution in [0.2, 0.25) is 0 Å². The van der Waals surface area contributed by atoms with E-state index in [1.807, 2.05) is 25.2 Å². The van der Waals surface area contributed by atoms with Gasteiger partial charge in [0, 0.05) is 52.4 Å². The minimum Gasteiger partial charge on any atom is -0.496 e. The van der Waals surface area contributed by atoms with E-state index >= 15 is 0 Å². The van der Waals surface area contributed by atoms with Gasteiger partial charge in [-0.15, -0.1) is 24.0 Å². The highest BCUT2D eigenvalue weighted by atomic mass is 127. The Hall–Kier alpha value is -1.80. The number of halogens is 1. The molecule has 0 fully saturated rings. The predicted octanol–water partition coefficient (Wildman–Crippen LogP) is 3.38. The molecule has 0 aromatic heterocycles. The van der Waals surface area contributed by atoms with E-state index in [0.29, 0.717) is 0 Å². The quantitative estimate of drug-likeness (QED) is 0.380. The first-order valence-corrected chi connectivity index (χ1v) is 9.54. The molecule has 1 heterocycles. The maximum Gasteiger partial charge on any atom is 0.193 e. The molecule has 0 unspecified atom stereocenters. The number of fused-ring (bicyclic) bond motifs is 1. The van der Waals surface area contributed by atoms with Crippen LogP contribution in [0.4, 0.5) is 0 Å². The molecule has 0 radical (unpaired) electrons. The number of hydrogen-bond donors (Lipinski definition) is 1. The molecule has 2 aromatic rings. The second-order valence-corrected chi connectivity index (χ2v) is 6.94. The molecule has 2 aromatic carbocycles. The van der Waals surface area contributed by atoms with Crippen molar-refractivity contribution in [2.75, 3.05) is 40.8 Å². The summed E-state index contributed by atoms with van der Waals surface area (Å²) in [6.07, 6.45) is 1.14. The van der Waals surface area contributed by atoms with Crippen LogP contribution >= 0.6 is 24.0 Å². The van der Waals surface area contributed by atoms with Gasteiger partial charge in [0.15, 0.2) is 5.96 Å². The van der Waals surface area contributed by atoms with E-state index in [9.17, 15) is 0 Å². The molecule has 1 aliphatic heterocycles. The lowest BCUT2D eigenvalue weighted by Crippen LogP contribution is -2.43. The fourth-order valence-electron chi connectivity index (χ4n) is 3.62. The first-order valence-electron chi connectivity index (χ1n) is 9.54. The molecule has 0 amide bonds. The maximum absolute atomic E-state index is 5.46. The maximum atomic E-state index is 5.46.